The fourth-order valence-corrected chi connectivity index (χ4v) is 6.83. The highest BCUT2D eigenvalue weighted by Gasteiger charge is 2.33. The SMILES string of the molecule is COC(=O)N[C@H](C(=O)Cc1ccccc1CC[C@@H]1CN[C@H](Cn2cc([Si](C)(C)C)nn2)CO1)C(c1ccccc1)c1ccccc1. The van der Waals surface area contributed by atoms with Crippen LogP contribution in [0.1, 0.15) is 34.6 Å². The standard InChI is InChI=1S/C36H45N5O4Si/c1-44-36(43)38-35(34(27-14-7-5-8-15-27)28-16-9-6-10-17-28)32(42)21-29-18-12-11-13-26(29)19-20-31-22-37-30(25-45-31)23-41-24-33(39-40-41)46(2,3)4/h5-18,24,30-31,34-35,37H,19-23,25H2,1-4H3,(H,38,43)/t30-,31-,35-/m1/s1. The van der Waals surface area contributed by atoms with E-state index in [1.807, 2.05) is 83.5 Å². The summed E-state index contributed by atoms with van der Waals surface area (Å²) >= 11 is 0. The van der Waals surface area contributed by atoms with E-state index in [0.717, 1.165) is 53.5 Å². The maximum absolute atomic E-state index is 14.1. The Morgan fingerprint density at radius 1 is 0.978 bits per heavy atom. The molecular formula is C36H45N5O4Si. The number of hydrogen-bond acceptors (Lipinski definition) is 7. The zero-order valence-corrected chi connectivity index (χ0v) is 28.2. The number of ketones is 1. The molecule has 2 N–H and O–H groups in total. The van der Waals surface area contributed by atoms with Crippen LogP contribution >= 0.6 is 0 Å². The van der Waals surface area contributed by atoms with Crippen molar-refractivity contribution in [1.82, 2.24) is 25.6 Å². The van der Waals surface area contributed by atoms with E-state index in [1.54, 1.807) is 0 Å². The molecule has 1 fully saturated rings. The van der Waals surface area contributed by atoms with Crippen LogP contribution in [0, 0.1) is 0 Å². The summed E-state index contributed by atoms with van der Waals surface area (Å²) in [4.78, 5) is 26.7. The van der Waals surface area contributed by atoms with Crippen molar-refractivity contribution in [3.8, 4) is 0 Å². The summed E-state index contributed by atoms with van der Waals surface area (Å²) < 4.78 is 13.1. The number of nitrogens with one attached hydrogen (secondary N) is 2. The third-order valence-electron chi connectivity index (χ3n) is 8.56. The number of morpholine rings is 1. The van der Waals surface area contributed by atoms with Crippen molar-refractivity contribution in [2.24, 2.45) is 0 Å². The molecule has 4 aromatic rings. The number of nitrogens with zero attached hydrogens (tertiary/aromatic N) is 3. The van der Waals surface area contributed by atoms with Crippen molar-refractivity contribution < 1.29 is 19.1 Å². The smallest absolute Gasteiger partial charge is 0.407 e. The topological polar surface area (TPSA) is 107 Å². The van der Waals surface area contributed by atoms with E-state index in [0.29, 0.717) is 6.61 Å². The monoisotopic (exact) mass is 639 g/mol. The summed E-state index contributed by atoms with van der Waals surface area (Å²) in [7, 11) is -0.176. The number of benzene rings is 3. The second-order valence-electron chi connectivity index (χ2n) is 13.0. The minimum Gasteiger partial charge on any atom is -0.453 e. The Morgan fingerprint density at radius 3 is 2.17 bits per heavy atom. The maximum Gasteiger partial charge on any atom is 0.407 e. The van der Waals surface area contributed by atoms with E-state index in [1.165, 1.54) is 7.11 Å². The van der Waals surface area contributed by atoms with Gasteiger partial charge < -0.3 is 20.1 Å². The van der Waals surface area contributed by atoms with Crippen LogP contribution in [0.15, 0.2) is 91.1 Å². The van der Waals surface area contributed by atoms with Crippen molar-refractivity contribution in [1.29, 1.82) is 0 Å². The number of carbonyl (C=O) groups is 2. The number of alkyl carbamates (subject to hydrolysis) is 1. The largest absolute Gasteiger partial charge is 0.453 e. The quantitative estimate of drug-likeness (QED) is 0.208. The first-order chi connectivity index (χ1) is 22.2. The molecular weight excluding hydrogens is 595 g/mol. The molecule has 46 heavy (non-hydrogen) atoms. The van der Waals surface area contributed by atoms with Gasteiger partial charge in [0, 0.05) is 25.1 Å². The molecule has 0 radical (unpaired) electrons. The second kappa shape index (κ2) is 15.4. The fourth-order valence-electron chi connectivity index (χ4n) is 5.95. The van der Waals surface area contributed by atoms with Crippen molar-refractivity contribution >= 4 is 25.3 Å². The number of ether oxygens (including phenoxy) is 2. The molecule has 1 aliphatic rings. The first kappa shape index (κ1) is 33.2. The minimum atomic E-state index is -1.49. The summed E-state index contributed by atoms with van der Waals surface area (Å²) in [6, 6.07) is 27.1. The lowest BCUT2D eigenvalue weighted by Crippen LogP contribution is -2.48. The molecule has 1 amide bonds. The van der Waals surface area contributed by atoms with Gasteiger partial charge in [-0.05, 0) is 35.1 Å². The second-order valence-corrected chi connectivity index (χ2v) is 18.0. The third-order valence-corrected chi connectivity index (χ3v) is 10.3. The maximum atomic E-state index is 14.1. The molecule has 1 aliphatic heterocycles. The van der Waals surface area contributed by atoms with E-state index >= 15 is 0 Å². The molecule has 3 atom stereocenters. The Morgan fingerprint density at radius 2 is 1.61 bits per heavy atom. The Labute approximate surface area is 272 Å². The Bertz CT molecular complexity index is 1530. The van der Waals surface area contributed by atoms with Gasteiger partial charge in [0.25, 0.3) is 0 Å². The van der Waals surface area contributed by atoms with E-state index < -0.39 is 20.2 Å². The Kier molecular flexibility index (Phi) is 11.2. The summed E-state index contributed by atoms with van der Waals surface area (Å²) in [6.07, 6.45) is 3.30. The van der Waals surface area contributed by atoms with Crippen molar-refractivity contribution in [2.75, 3.05) is 20.3 Å². The number of rotatable bonds is 13. The van der Waals surface area contributed by atoms with Crippen LogP contribution in [-0.2, 0) is 33.7 Å². The van der Waals surface area contributed by atoms with Crippen molar-refractivity contribution in [3.05, 3.63) is 113 Å². The van der Waals surface area contributed by atoms with Gasteiger partial charge in [-0.1, -0.05) is 110 Å². The number of aromatic nitrogens is 3. The molecule has 10 heteroatoms. The number of methoxy groups -OCH3 is 1. The highest BCUT2D eigenvalue weighted by molar-refractivity contribution is 6.88. The summed E-state index contributed by atoms with van der Waals surface area (Å²) in [5, 5.41) is 16.3. The lowest BCUT2D eigenvalue weighted by Gasteiger charge is -2.30. The van der Waals surface area contributed by atoms with E-state index in [4.69, 9.17) is 9.47 Å². The highest BCUT2D eigenvalue weighted by atomic mass is 28.3. The zero-order valence-electron chi connectivity index (χ0n) is 27.2. The van der Waals surface area contributed by atoms with Crippen molar-refractivity contribution in [3.63, 3.8) is 0 Å². The van der Waals surface area contributed by atoms with Crippen LogP contribution in [-0.4, -0.2) is 73.4 Å². The minimum absolute atomic E-state index is 0.0718. The van der Waals surface area contributed by atoms with Gasteiger partial charge >= 0.3 is 6.09 Å². The van der Waals surface area contributed by atoms with Crippen LogP contribution in [0.25, 0.3) is 0 Å². The van der Waals surface area contributed by atoms with Gasteiger partial charge in [-0.15, -0.1) is 5.10 Å². The van der Waals surface area contributed by atoms with E-state index in [9.17, 15) is 9.59 Å². The van der Waals surface area contributed by atoms with Gasteiger partial charge in [-0.25, -0.2) is 4.79 Å². The number of Topliss-reactive ketones (excluding diaryl/α,β-unsaturated/α-hetero) is 1. The molecule has 2 heterocycles. The number of carbonyl (C=O) groups excluding carboxylic acids is 2. The molecule has 3 aromatic carbocycles. The van der Waals surface area contributed by atoms with Crippen molar-refractivity contribution in [2.45, 2.75) is 69.6 Å². The Hall–Kier alpha value is -4.12. The average Bonchev–Trinajstić information content (AvgIpc) is 3.55. The van der Waals surface area contributed by atoms with E-state index in [-0.39, 0.29) is 30.3 Å². The first-order valence-electron chi connectivity index (χ1n) is 16.0. The summed E-state index contributed by atoms with van der Waals surface area (Å²) in [5.41, 5.74) is 3.94. The van der Waals surface area contributed by atoms with Gasteiger partial charge in [0.05, 0.1) is 37.7 Å². The van der Waals surface area contributed by atoms with Gasteiger partial charge in [0.15, 0.2) is 5.78 Å². The number of aryl methyl sites for hydroxylation is 1. The van der Waals surface area contributed by atoms with Gasteiger partial charge in [-0.3, -0.25) is 9.48 Å². The average molecular weight is 640 g/mol. The molecule has 1 saturated heterocycles. The molecule has 5 rings (SSSR count). The first-order valence-corrected chi connectivity index (χ1v) is 19.5. The summed E-state index contributed by atoms with van der Waals surface area (Å²) in [5.74, 6) is -0.463. The lowest BCUT2D eigenvalue weighted by atomic mass is 9.81. The van der Waals surface area contributed by atoms with Crippen LogP contribution < -0.4 is 16.0 Å². The number of hydrogen-bond donors (Lipinski definition) is 2. The molecule has 242 valence electrons. The molecule has 9 nitrogen and oxygen atoms in total. The molecule has 0 aliphatic carbocycles. The molecule has 0 saturated carbocycles. The van der Waals surface area contributed by atoms with Gasteiger partial charge in [-0.2, -0.15) is 0 Å². The van der Waals surface area contributed by atoms with Crippen LogP contribution in [0.3, 0.4) is 0 Å². The predicted octanol–water partition coefficient (Wildman–Crippen LogP) is 4.48. The fraction of sp³-hybridized carbons (Fsp3) is 0.389. The van der Waals surface area contributed by atoms with Crippen LogP contribution in [0.5, 0.6) is 0 Å². The molecule has 0 spiro atoms. The third kappa shape index (κ3) is 8.77. The van der Waals surface area contributed by atoms with Gasteiger partial charge in [0.2, 0.25) is 0 Å². The van der Waals surface area contributed by atoms with Crippen LogP contribution in [0.4, 0.5) is 4.79 Å². The Balaban J connectivity index is 1.24. The van der Waals surface area contributed by atoms with Gasteiger partial charge in [0.1, 0.15) is 14.1 Å². The van der Waals surface area contributed by atoms with Crippen LogP contribution in [0.2, 0.25) is 19.6 Å². The lowest BCUT2D eigenvalue weighted by molar-refractivity contribution is -0.120. The molecule has 0 bridgehead atoms. The van der Waals surface area contributed by atoms with E-state index in [2.05, 4.69) is 52.8 Å². The summed E-state index contributed by atoms with van der Waals surface area (Å²) in [6.45, 7) is 8.89. The number of amides is 1. The molecule has 1 aromatic heterocycles. The molecule has 0 unspecified atom stereocenters. The predicted molar refractivity (Wildman–Crippen MR) is 182 cm³/mol. The zero-order chi connectivity index (χ0) is 32.5. The highest BCUT2D eigenvalue weighted by Crippen LogP contribution is 2.30. The normalized spacial score (nSPS) is 17.4.